The summed E-state index contributed by atoms with van der Waals surface area (Å²) in [6.07, 6.45) is 7.71. The third-order valence-electron chi connectivity index (χ3n) is 4.54. The summed E-state index contributed by atoms with van der Waals surface area (Å²) >= 11 is 0. The highest BCUT2D eigenvalue weighted by Gasteiger charge is 2.21. The fraction of sp³-hybridized carbons (Fsp3) is 0.562. The summed E-state index contributed by atoms with van der Waals surface area (Å²) in [7, 11) is 0. The zero-order valence-corrected chi connectivity index (χ0v) is 12.4. The Balaban J connectivity index is 1.70. The second kappa shape index (κ2) is 5.44. The first kappa shape index (κ1) is 13.4. The first-order valence-corrected chi connectivity index (χ1v) is 7.60. The lowest BCUT2D eigenvalue weighted by atomic mass is 9.93. The number of aromatic amines is 1. The van der Waals surface area contributed by atoms with Gasteiger partial charge in [-0.1, -0.05) is 0 Å². The molecule has 3 rings (SSSR count). The van der Waals surface area contributed by atoms with Crippen LogP contribution in [0.15, 0.2) is 12.3 Å². The Morgan fingerprint density at radius 3 is 3.05 bits per heavy atom. The number of hydrogen-bond donors (Lipinski definition) is 2. The molecule has 1 atom stereocenters. The summed E-state index contributed by atoms with van der Waals surface area (Å²) in [5.41, 5.74) is 13.0. The van der Waals surface area contributed by atoms with E-state index >= 15 is 0 Å². The van der Waals surface area contributed by atoms with Gasteiger partial charge in [0.05, 0.1) is 6.20 Å². The smallest absolute Gasteiger partial charge is 0.0522 e. The van der Waals surface area contributed by atoms with E-state index in [9.17, 15) is 0 Å². The molecule has 0 fully saturated rings. The first-order chi connectivity index (χ1) is 9.66. The van der Waals surface area contributed by atoms with E-state index in [-0.39, 0.29) is 6.04 Å². The maximum Gasteiger partial charge on any atom is 0.0522 e. The summed E-state index contributed by atoms with van der Waals surface area (Å²) in [6, 6.07) is 2.54. The SMILES string of the molecule is Cc1[nH]ncc1CCCn1c(C)cc2c1CCCC2N. The Kier molecular flexibility index (Phi) is 3.66. The summed E-state index contributed by atoms with van der Waals surface area (Å²) in [5, 5.41) is 7.09. The lowest BCUT2D eigenvalue weighted by Crippen LogP contribution is -2.18. The van der Waals surface area contributed by atoms with E-state index in [1.807, 2.05) is 6.20 Å². The van der Waals surface area contributed by atoms with Crippen LogP contribution < -0.4 is 5.73 Å². The van der Waals surface area contributed by atoms with Crippen molar-refractivity contribution in [2.75, 3.05) is 0 Å². The number of nitrogens with one attached hydrogen (secondary N) is 1. The van der Waals surface area contributed by atoms with Crippen LogP contribution in [-0.4, -0.2) is 14.8 Å². The minimum Gasteiger partial charge on any atom is -0.349 e. The van der Waals surface area contributed by atoms with Gasteiger partial charge in [0.25, 0.3) is 0 Å². The molecule has 108 valence electrons. The molecule has 0 saturated carbocycles. The zero-order valence-electron chi connectivity index (χ0n) is 12.4. The van der Waals surface area contributed by atoms with Gasteiger partial charge in [-0.3, -0.25) is 5.10 Å². The van der Waals surface area contributed by atoms with Crippen molar-refractivity contribution in [2.24, 2.45) is 5.73 Å². The molecule has 1 aliphatic carbocycles. The lowest BCUT2D eigenvalue weighted by Gasteiger charge is -2.21. The van der Waals surface area contributed by atoms with Gasteiger partial charge in [-0.25, -0.2) is 0 Å². The Morgan fingerprint density at radius 2 is 2.30 bits per heavy atom. The van der Waals surface area contributed by atoms with Crippen molar-refractivity contribution < 1.29 is 0 Å². The Bertz CT molecular complexity index is 594. The third kappa shape index (κ3) is 2.40. The van der Waals surface area contributed by atoms with E-state index in [1.54, 1.807) is 0 Å². The molecule has 0 amide bonds. The summed E-state index contributed by atoms with van der Waals surface area (Å²) in [4.78, 5) is 0. The van der Waals surface area contributed by atoms with Crippen LogP contribution in [0.3, 0.4) is 0 Å². The number of aromatic nitrogens is 3. The third-order valence-corrected chi connectivity index (χ3v) is 4.54. The Morgan fingerprint density at radius 1 is 1.45 bits per heavy atom. The van der Waals surface area contributed by atoms with Crippen molar-refractivity contribution >= 4 is 0 Å². The van der Waals surface area contributed by atoms with E-state index in [0.29, 0.717) is 0 Å². The van der Waals surface area contributed by atoms with E-state index in [1.165, 1.54) is 41.1 Å². The fourth-order valence-electron chi connectivity index (χ4n) is 3.37. The molecule has 0 aromatic carbocycles. The van der Waals surface area contributed by atoms with Crippen molar-refractivity contribution in [2.45, 2.75) is 58.5 Å². The molecule has 4 heteroatoms. The maximum absolute atomic E-state index is 6.23. The standard InChI is InChI=1S/C16H24N4/c1-11-9-14-15(17)6-3-7-16(14)20(11)8-4-5-13-10-18-19-12(13)2/h9-10,15H,3-8,17H2,1-2H3,(H,18,19). The molecule has 0 bridgehead atoms. The highest BCUT2D eigenvalue weighted by Crippen LogP contribution is 2.30. The molecule has 2 heterocycles. The molecule has 20 heavy (non-hydrogen) atoms. The van der Waals surface area contributed by atoms with Gasteiger partial charge in [-0.2, -0.15) is 5.10 Å². The van der Waals surface area contributed by atoms with Gasteiger partial charge in [-0.05, 0) is 63.1 Å². The minimum atomic E-state index is 0.245. The highest BCUT2D eigenvalue weighted by atomic mass is 15.1. The number of fused-ring (bicyclic) bond motifs is 1. The largest absolute Gasteiger partial charge is 0.349 e. The van der Waals surface area contributed by atoms with Gasteiger partial charge in [0, 0.05) is 29.7 Å². The van der Waals surface area contributed by atoms with Crippen LogP contribution in [0.5, 0.6) is 0 Å². The molecular weight excluding hydrogens is 248 g/mol. The van der Waals surface area contributed by atoms with Gasteiger partial charge < -0.3 is 10.3 Å². The number of hydrogen-bond acceptors (Lipinski definition) is 2. The van der Waals surface area contributed by atoms with Crippen molar-refractivity contribution in [3.63, 3.8) is 0 Å². The van der Waals surface area contributed by atoms with Crippen molar-refractivity contribution in [3.05, 3.63) is 40.5 Å². The molecular formula is C16H24N4. The second-order valence-electron chi connectivity index (χ2n) is 5.96. The molecule has 2 aromatic rings. The second-order valence-corrected chi connectivity index (χ2v) is 5.96. The summed E-state index contributed by atoms with van der Waals surface area (Å²) in [5.74, 6) is 0. The molecule has 0 aliphatic heterocycles. The van der Waals surface area contributed by atoms with Gasteiger partial charge in [0.2, 0.25) is 0 Å². The number of rotatable bonds is 4. The average molecular weight is 272 g/mol. The normalized spacial score (nSPS) is 18.2. The Labute approximate surface area is 120 Å². The van der Waals surface area contributed by atoms with E-state index in [2.05, 4.69) is 34.7 Å². The zero-order chi connectivity index (χ0) is 14.1. The maximum atomic E-state index is 6.23. The molecule has 4 nitrogen and oxygen atoms in total. The first-order valence-electron chi connectivity index (χ1n) is 7.60. The van der Waals surface area contributed by atoms with E-state index in [0.717, 1.165) is 25.8 Å². The summed E-state index contributed by atoms with van der Waals surface area (Å²) < 4.78 is 2.48. The van der Waals surface area contributed by atoms with Crippen LogP contribution in [-0.2, 0) is 19.4 Å². The molecule has 0 radical (unpaired) electrons. The van der Waals surface area contributed by atoms with Crippen LogP contribution in [0.1, 0.15) is 53.5 Å². The predicted molar refractivity (Wildman–Crippen MR) is 80.7 cm³/mol. The number of aryl methyl sites for hydroxylation is 3. The quantitative estimate of drug-likeness (QED) is 0.899. The van der Waals surface area contributed by atoms with Crippen molar-refractivity contribution in [1.82, 2.24) is 14.8 Å². The lowest BCUT2D eigenvalue weighted by molar-refractivity contribution is 0.528. The number of nitrogens with two attached hydrogens (primary N) is 1. The highest BCUT2D eigenvalue weighted by molar-refractivity contribution is 5.32. The number of H-pyrrole nitrogens is 1. The van der Waals surface area contributed by atoms with Crippen LogP contribution >= 0.6 is 0 Å². The molecule has 1 aliphatic rings. The van der Waals surface area contributed by atoms with Gasteiger partial charge in [0.15, 0.2) is 0 Å². The van der Waals surface area contributed by atoms with Gasteiger partial charge >= 0.3 is 0 Å². The summed E-state index contributed by atoms with van der Waals surface area (Å²) in [6.45, 7) is 5.37. The fourth-order valence-corrected chi connectivity index (χ4v) is 3.37. The van der Waals surface area contributed by atoms with Gasteiger partial charge in [-0.15, -0.1) is 0 Å². The molecule has 0 spiro atoms. The van der Waals surface area contributed by atoms with Crippen LogP contribution in [0.4, 0.5) is 0 Å². The van der Waals surface area contributed by atoms with Crippen LogP contribution in [0.2, 0.25) is 0 Å². The molecule has 3 N–H and O–H groups in total. The van der Waals surface area contributed by atoms with Crippen LogP contribution in [0.25, 0.3) is 0 Å². The van der Waals surface area contributed by atoms with Gasteiger partial charge in [0.1, 0.15) is 0 Å². The topological polar surface area (TPSA) is 59.6 Å². The molecule has 1 unspecified atom stereocenters. The van der Waals surface area contributed by atoms with E-state index in [4.69, 9.17) is 5.73 Å². The average Bonchev–Trinajstić information content (AvgIpc) is 2.96. The minimum absolute atomic E-state index is 0.245. The predicted octanol–water partition coefficient (Wildman–Crippen LogP) is 2.80. The molecule has 0 saturated heterocycles. The van der Waals surface area contributed by atoms with Crippen molar-refractivity contribution in [1.29, 1.82) is 0 Å². The Hall–Kier alpha value is -1.55. The van der Waals surface area contributed by atoms with Crippen LogP contribution in [0, 0.1) is 13.8 Å². The number of nitrogens with zero attached hydrogens (tertiary/aromatic N) is 2. The monoisotopic (exact) mass is 272 g/mol. The van der Waals surface area contributed by atoms with E-state index < -0.39 is 0 Å². The molecule has 2 aromatic heterocycles. The van der Waals surface area contributed by atoms with Crippen molar-refractivity contribution in [3.8, 4) is 0 Å².